The number of benzene rings is 1. The van der Waals surface area contributed by atoms with Crippen LogP contribution in [0.3, 0.4) is 0 Å². The lowest BCUT2D eigenvalue weighted by molar-refractivity contribution is -0.384. The van der Waals surface area contributed by atoms with E-state index in [9.17, 15) is 10.1 Å². The normalized spacial score (nSPS) is 10.8. The third-order valence-electron chi connectivity index (χ3n) is 2.18. The number of rotatable bonds is 3. The Morgan fingerprint density at radius 1 is 1.29 bits per heavy atom. The second kappa shape index (κ2) is 4.48. The molecule has 0 saturated heterocycles. The van der Waals surface area contributed by atoms with Crippen molar-refractivity contribution in [2.45, 2.75) is 0 Å². The van der Waals surface area contributed by atoms with Crippen molar-refractivity contribution < 1.29 is 14.5 Å². The Bertz CT molecular complexity index is 574. The lowest BCUT2D eigenvalue weighted by Gasteiger charge is -1.98. The van der Waals surface area contributed by atoms with Gasteiger partial charge in [0.15, 0.2) is 0 Å². The van der Waals surface area contributed by atoms with Crippen LogP contribution in [0.15, 0.2) is 46.0 Å². The number of hydrogen-bond acceptors (Lipinski definition) is 5. The van der Waals surface area contributed by atoms with Gasteiger partial charge in [0.25, 0.3) is 5.69 Å². The van der Waals surface area contributed by atoms with Crippen molar-refractivity contribution in [1.29, 1.82) is 0 Å². The van der Waals surface area contributed by atoms with Crippen molar-refractivity contribution in [3.63, 3.8) is 0 Å². The second-order valence-corrected chi connectivity index (χ2v) is 3.22. The first-order chi connectivity index (χ1) is 8.22. The molecule has 1 aromatic heterocycles. The first kappa shape index (κ1) is 10.9. The van der Waals surface area contributed by atoms with Gasteiger partial charge < -0.3 is 9.62 Å². The average molecular weight is 232 g/mol. The molecule has 0 saturated carbocycles. The minimum atomic E-state index is -0.475. The predicted octanol–water partition coefficient (Wildman–Crippen LogP) is 2.66. The van der Waals surface area contributed by atoms with Crippen LogP contribution in [0.25, 0.3) is 11.3 Å². The van der Waals surface area contributed by atoms with Gasteiger partial charge in [-0.15, -0.1) is 0 Å². The smallest absolute Gasteiger partial charge is 0.280 e. The summed E-state index contributed by atoms with van der Waals surface area (Å²) in [5.74, 6) is 0.674. The van der Waals surface area contributed by atoms with Gasteiger partial charge in [-0.25, -0.2) is 0 Å². The van der Waals surface area contributed by atoms with E-state index in [0.717, 1.165) is 6.21 Å². The molecule has 17 heavy (non-hydrogen) atoms. The third-order valence-corrected chi connectivity index (χ3v) is 2.18. The largest absolute Gasteiger partial charge is 0.455 e. The van der Waals surface area contributed by atoms with E-state index in [1.165, 1.54) is 6.07 Å². The van der Waals surface area contributed by atoms with Crippen molar-refractivity contribution in [2.24, 2.45) is 5.16 Å². The van der Waals surface area contributed by atoms with E-state index in [0.29, 0.717) is 17.1 Å². The summed E-state index contributed by atoms with van der Waals surface area (Å²) < 4.78 is 5.29. The van der Waals surface area contributed by atoms with E-state index >= 15 is 0 Å². The molecule has 0 aliphatic rings. The van der Waals surface area contributed by atoms with E-state index in [4.69, 9.17) is 9.62 Å². The molecular formula is C11H8N2O4. The molecule has 0 unspecified atom stereocenters. The molecule has 2 aromatic rings. The number of nitro groups is 1. The van der Waals surface area contributed by atoms with Crippen LogP contribution >= 0.6 is 0 Å². The second-order valence-electron chi connectivity index (χ2n) is 3.22. The molecule has 0 amide bonds. The molecule has 0 atom stereocenters. The van der Waals surface area contributed by atoms with E-state index in [2.05, 4.69) is 5.16 Å². The maximum absolute atomic E-state index is 10.8. The fourth-order valence-corrected chi connectivity index (χ4v) is 1.47. The van der Waals surface area contributed by atoms with Gasteiger partial charge >= 0.3 is 0 Å². The zero-order valence-corrected chi connectivity index (χ0v) is 8.61. The van der Waals surface area contributed by atoms with Crippen LogP contribution in [0, 0.1) is 10.1 Å². The summed E-state index contributed by atoms with van der Waals surface area (Å²) in [6.07, 6.45) is 1.11. The quantitative estimate of drug-likeness (QED) is 0.381. The molecule has 0 radical (unpaired) electrons. The van der Waals surface area contributed by atoms with E-state index < -0.39 is 4.92 Å². The van der Waals surface area contributed by atoms with Crippen LogP contribution in [0.5, 0.6) is 0 Å². The number of hydrogen-bond donors (Lipinski definition) is 1. The van der Waals surface area contributed by atoms with Gasteiger partial charge in [-0.05, 0) is 18.2 Å². The highest BCUT2D eigenvalue weighted by Crippen LogP contribution is 2.30. The zero-order chi connectivity index (χ0) is 12.3. The van der Waals surface area contributed by atoms with Crippen LogP contribution in [0.2, 0.25) is 0 Å². The molecule has 1 heterocycles. The van der Waals surface area contributed by atoms with Gasteiger partial charge in [0, 0.05) is 6.07 Å². The molecule has 1 aromatic carbocycles. The standard InChI is InChI=1S/C11H8N2O4/c14-12-7-8-5-6-11(17-8)9-3-1-2-4-10(9)13(15)16/h1-7,14H/b12-7+. The molecule has 86 valence electrons. The zero-order valence-electron chi connectivity index (χ0n) is 8.61. The summed E-state index contributed by atoms with van der Waals surface area (Å²) >= 11 is 0. The Hall–Kier alpha value is -2.63. The lowest BCUT2D eigenvalue weighted by Crippen LogP contribution is -1.90. The number of para-hydroxylation sites is 1. The van der Waals surface area contributed by atoms with Crippen LogP contribution in [0.1, 0.15) is 5.76 Å². The SMILES string of the molecule is O=[N+]([O-])c1ccccc1-c1ccc(/C=N/O)o1. The molecule has 0 fully saturated rings. The molecular weight excluding hydrogens is 224 g/mol. The topological polar surface area (TPSA) is 88.9 Å². The highest BCUT2D eigenvalue weighted by molar-refractivity contribution is 5.78. The highest BCUT2D eigenvalue weighted by Gasteiger charge is 2.16. The Morgan fingerprint density at radius 3 is 2.76 bits per heavy atom. The summed E-state index contributed by atoms with van der Waals surface area (Å²) in [6, 6.07) is 9.41. The third kappa shape index (κ3) is 2.15. The molecule has 0 aliphatic heterocycles. The fraction of sp³-hybridized carbons (Fsp3) is 0. The first-order valence-electron chi connectivity index (χ1n) is 4.73. The van der Waals surface area contributed by atoms with Gasteiger partial charge in [-0.3, -0.25) is 10.1 Å². The number of furan rings is 1. The molecule has 0 bridgehead atoms. The summed E-state index contributed by atoms with van der Waals surface area (Å²) in [6.45, 7) is 0. The number of nitrogens with zero attached hydrogens (tertiary/aromatic N) is 2. The van der Waals surface area contributed by atoms with E-state index in [1.807, 2.05) is 0 Å². The van der Waals surface area contributed by atoms with E-state index in [-0.39, 0.29) is 5.69 Å². The van der Waals surface area contributed by atoms with Crippen molar-refractivity contribution >= 4 is 11.9 Å². The number of oxime groups is 1. The summed E-state index contributed by atoms with van der Waals surface area (Å²) in [5.41, 5.74) is 0.351. The van der Waals surface area contributed by atoms with Crippen LogP contribution in [-0.2, 0) is 0 Å². The van der Waals surface area contributed by atoms with Crippen molar-refractivity contribution in [3.05, 3.63) is 52.3 Å². The molecule has 6 nitrogen and oxygen atoms in total. The van der Waals surface area contributed by atoms with Crippen molar-refractivity contribution in [3.8, 4) is 11.3 Å². The predicted molar refractivity (Wildman–Crippen MR) is 60.2 cm³/mol. The minimum Gasteiger partial charge on any atom is -0.455 e. The number of nitro benzene ring substituents is 1. The average Bonchev–Trinajstić information content (AvgIpc) is 2.78. The monoisotopic (exact) mass is 232 g/mol. The summed E-state index contributed by atoms with van der Waals surface area (Å²) in [5, 5.41) is 22.0. The maximum atomic E-state index is 10.8. The lowest BCUT2D eigenvalue weighted by atomic mass is 10.1. The summed E-state index contributed by atoms with van der Waals surface area (Å²) in [4.78, 5) is 10.4. The Balaban J connectivity index is 2.48. The molecule has 2 rings (SSSR count). The minimum absolute atomic E-state index is 0.0330. The molecule has 0 aliphatic carbocycles. The van der Waals surface area contributed by atoms with Gasteiger partial charge in [0.2, 0.25) is 0 Å². The summed E-state index contributed by atoms with van der Waals surface area (Å²) in [7, 11) is 0. The molecule has 1 N–H and O–H groups in total. The van der Waals surface area contributed by atoms with Crippen LogP contribution in [-0.4, -0.2) is 16.3 Å². The van der Waals surface area contributed by atoms with Crippen LogP contribution in [0.4, 0.5) is 5.69 Å². The molecule has 6 heteroatoms. The van der Waals surface area contributed by atoms with Crippen molar-refractivity contribution in [2.75, 3.05) is 0 Å². The highest BCUT2D eigenvalue weighted by atomic mass is 16.6. The Labute approximate surface area is 95.9 Å². The van der Waals surface area contributed by atoms with Gasteiger partial charge in [0.05, 0.1) is 10.5 Å². The van der Waals surface area contributed by atoms with Crippen molar-refractivity contribution in [1.82, 2.24) is 0 Å². The maximum Gasteiger partial charge on any atom is 0.280 e. The van der Waals surface area contributed by atoms with Crippen LogP contribution < -0.4 is 0 Å². The Kier molecular flexibility index (Phi) is 2.87. The van der Waals surface area contributed by atoms with Gasteiger partial charge in [0.1, 0.15) is 17.7 Å². The Morgan fingerprint density at radius 2 is 2.06 bits per heavy atom. The van der Waals surface area contributed by atoms with Gasteiger partial charge in [-0.2, -0.15) is 0 Å². The fourth-order valence-electron chi connectivity index (χ4n) is 1.47. The van der Waals surface area contributed by atoms with Gasteiger partial charge in [-0.1, -0.05) is 17.3 Å². The van der Waals surface area contributed by atoms with E-state index in [1.54, 1.807) is 30.3 Å². The molecule has 0 spiro atoms. The first-order valence-corrected chi connectivity index (χ1v) is 4.73.